The van der Waals surface area contributed by atoms with E-state index in [-0.39, 0.29) is 30.3 Å². The van der Waals surface area contributed by atoms with Crippen molar-refractivity contribution in [3.05, 3.63) is 56.1 Å². The fourth-order valence-corrected chi connectivity index (χ4v) is 3.48. The molecule has 0 spiro atoms. The lowest BCUT2D eigenvalue weighted by atomic mass is 10.1. The molecule has 0 radical (unpaired) electrons. The molecule has 5 nitrogen and oxygen atoms in total. The highest BCUT2D eigenvalue weighted by Gasteiger charge is 2.30. The van der Waals surface area contributed by atoms with Gasteiger partial charge in [-0.3, -0.25) is 9.59 Å². The van der Waals surface area contributed by atoms with Crippen molar-refractivity contribution in [1.82, 2.24) is 14.4 Å². The first-order chi connectivity index (χ1) is 13.1. The van der Waals surface area contributed by atoms with Crippen molar-refractivity contribution in [1.29, 1.82) is 0 Å². The summed E-state index contributed by atoms with van der Waals surface area (Å²) in [5, 5.41) is 1.74. The molecule has 0 saturated heterocycles. The van der Waals surface area contributed by atoms with E-state index < -0.39 is 11.7 Å². The third-order valence-electron chi connectivity index (χ3n) is 4.32. The van der Waals surface area contributed by atoms with Crippen LogP contribution in [0.3, 0.4) is 0 Å². The molecule has 28 heavy (non-hydrogen) atoms. The van der Waals surface area contributed by atoms with Crippen LogP contribution in [-0.2, 0) is 24.1 Å². The number of nitrogens with zero attached hydrogens (tertiary/aromatic N) is 3. The molecule has 0 aliphatic carbocycles. The molecule has 2 rings (SSSR count). The molecular weight excluding hydrogens is 391 g/mol. The summed E-state index contributed by atoms with van der Waals surface area (Å²) in [6, 6.07) is 5.02. The lowest BCUT2D eigenvalue weighted by Gasteiger charge is -2.25. The van der Waals surface area contributed by atoms with Gasteiger partial charge in [0.25, 0.3) is 0 Å². The first-order valence-electron chi connectivity index (χ1n) is 8.81. The van der Waals surface area contributed by atoms with Gasteiger partial charge in [-0.2, -0.15) is 13.2 Å². The van der Waals surface area contributed by atoms with Crippen molar-refractivity contribution in [3.63, 3.8) is 0 Å². The van der Waals surface area contributed by atoms with Crippen LogP contribution in [0.2, 0.25) is 0 Å². The number of thiazole rings is 1. The van der Waals surface area contributed by atoms with E-state index in [9.17, 15) is 22.8 Å². The second kappa shape index (κ2) is 9.38. The Hall–Kier alpha value is -2.13. The van der Waals surface area contributed by atoms with Crippen molar-refractivity contribution < 1.29 is 18.0 Å². The third kappa shape index (κ3) is 6.20. The second-order valence-corrected chi connectivity index (χ2v) is 7.68. The van der Waals surface area contributed by atoms with Gasteiger partial charge in [-0.1, -0.05) is 23.5 Å². The molecule has 2 aromatic rings. The van der Waals surface area contributed by atoms with E-state index in [1.54, 1.807) is 23.3 Å². The van der Waals surface area contributed by atoms with Crippen molar-refractivity contribution >= 4 is 17.2 Å². The molecule has 0 atom stereocenters. The number of halogens is 3. The number of likely N-dealkylation sites (N-methyl/N-ethyl adjacent to an activating group) is 1. The minimum Gasteiger partial charge on any atom is -0.337 e. The van der Waals surface area contributed by atoms with Crippen LogP contribution in [0.1, 0.15) is 23.2 Å². The van der Waals surface area contributed by atoms with Crippen molar-refractivity contribution in [2.24, 2.45) is 0 Å². The second-order valence-electron chi connectivity index (χ2n) is 6.86. The maximum absolute atomic E-state index is 13.0. The maximum atomic E-state index is 13.0. The first kappa shape index (κ1) is 22.2. The van der Waals surface area contributed by atoms with Crippen LogP contribution in [0, 0.1) is 6.92 Å². The molecule has 1 heterocycles. The average molecular weight is 415 g/mol. The van der Waals surface area contributed by atoms with Gasteiger partial charge in [0.15, 0.2) is 0 Å². The summed E-state index contributed by atoms with van der Waals surface area (Å²) in [5.41, 5.74) is 0.483. The fourth-order valence-electron chi connectivity index (χ4n) is 2.72. The summed E-state index contributed by atoms with van der Waals surface area (Å²) in [4.78, 5) is 27.9. The minimum atomic E-state index is -4.42. The zero-order valence-corrected chi connectivity index (χ0v) is 16.9. The quantitative estimate of drug-likeness (QED) is 0.665. The number of hydrogen-bond acceptors (Lipinski definition) is 4. The Morgan fingerprint density at radius 3 is 2.50 bits per heavy atom. The molecule has 0 saturated carbocycles. The number of carbonyl (C=O) groups is 1. The van der Waals surface area contributed by atoms with Crippen LogP contribution in [-0.4, -0.2) is 47.5 Å². The number of carbonyl (C=O) groups excluding carboxylic acids is 1. The smallest absolute Gasteiger partial charge is 0.337 e. The lowest BCUT2D eigenvalue weighted by molar-refractivity contribution is -0.137. The summed E-state index contributed by atoms with van der Waals surface area (Å²) in [7, 11) is 3.72. The number of hydrogen-bond donors (Lipinski definition) is 0. The molecule has 0 fully saturated rings. The van der Waals surface area contributed by atoms with E-state index in [0.29, 0.717) is 18.7 Å². The van der Waals surface area contributed by atoms with Crippen molar-refractivity contribution in [2.75, 3.05) is 27.2 Å². The van der Waals surface area contributed by atoms with E-state index >= 15 is 0 Å². The Balaban J connectivity index is 2.12. The van der Waals surface area contributed by atoms with Crippen LogP contribution in [0.4, 0.5) is 13.2 Å². The van der Waals surface area contributed by atoms with E-state index in [4.69, 9.17) is 0 Å². The van der Waals surface area contributed by atoms with Crippen LogP contribution >= 0.6 is 11.3 Å². The highest BCUT2D eigenvalue weighted by atomic mass is 32.1. The van der Waals surface area contributed by atoms with E-state index in [1.807, 2.05) is 19.0 Å². The van der Waals surface area contributed by atoms with E-state index in [0.717, 1.165) is 29.2 Å². The summed E-state index contributed by atoms with van der Waals surface area (Å²) >= 11 is 1.08. The lowest BCUT2D eigenvalue weighted by Crippen LogP contribution is -2.37. The molecule has 0 aliphatic heterocycles. The van der Waals surface area contributed by atoms with Crippen LogP contribution in [0.15, 0.2) is 34.4 Å². The number of rotatable bonds is 8. The van der Waals surface area contributed by atoms with E-state index in [1.165, 1.54) is 10.6 Å². The number of aryl methyl sites for hydroxylation is 1. The van der Waals surface area contributed by atoms with Crippen LogP contribution in [0.5, 0.6) is 0 Å². The Labute approximate surface area is 166 Å². The number of benzene rings is 1. The molecule has 1 aromatic heterocycles. The molecule has 1 amide bonds. The SMILES string of the molecule is Cc1csc(=O)n1CCC(=O)N(CCN(C)C)Cc1cccc(C(F)(F)F)c1. The summed E-state index contributed by atoms with van der Waals surface area (Å²) in [6.45, 7) is 3.12. The average Bonchev–Trinajstić information content (AvgIpc) is 2.94. The molecule has 0 unspecified atom stereocenters. The summed E-state index contributed by atoms with van der Waals surface area (Å²) < 4.78 is 40.4. The number of amides is 1. The molecule has 1 aromatic carbocycles. The van der Waals surface area contributed by atoms with Gasteiger partial charge in [0.2, 0.25) is 5.91 Å². The van der Waals surface area contributed by atoms with Gasteiger partial charge in [0.05, 0.1) is 5.56 Å². The Morgan fingerprint density at radius 2 is 1.93 bits per heavy atom. The molecule has 0 aliphatic rings. The Bertz CT molecular complexity index is 859. The predicted octanol–water partition coefficient (Wildman–Crippen LogP) is 3.22. The predicted molar refractivity (Wildman–Crippen MR) is 103 cm³/mol. The van der Waals surface area contributed by atoms with Gasteiger partial charge in [0, 0.05) is 43.7 Å². The van der Waals surface area contributed by atoms with Gasteiger partial charge in [-0.15, -0.1) is 0 Å². The Kier molecular flexibility index (Phi) is 7.42. The van der Waals surface area contributed by atoms with Gasteiger partial charge < -0.3 is 14.4 Å². The van der Waals surface area contributed by atoms with Crippen molar-refractivity contribution in [2.45, 2.75) is 32.6 Å². The van der Waals surface area contributed by atoms with Crippen LogP contribution in [0.25, 0.3) is 0 Å². The summed E-state index contributed by atoms with van der Waals surface area (Å²) in [5.74, 6) is -0.197. The van der Waals surface area contributed by atoms with Crippen LogP contribution < -0.4 is 4.87 Å². The molecular formula is C19H24F3N3O2S. The highest BCUT2D eigenvalue weighted by molar-refractivity contribution is 7.07. The number of alkyl halides is 3. The zero-order chi connectivity index (χ0) is 20.9. The summed E-state index contributed by atoms with van der Waals surface area (Å²) in [6.07, 6.45) is -4.31. The standard InChI is InChI=1S/C19H24F3N3O2S/c1-14-13-28-18(27)25(14)8-7-17(26)24(10-9-23(2)3)12-15-5-4-6-16(11-15)19(20,21)22/h4-6,11,13H,7-10,12H2,1-3H3. The van der Waals surface area contributed by atoms with E-state index in [2.05, 4.69) is 0 Å². The minimum absolute atomic E-state index is 0.0914. The number of aromatic nitrogens is 1. The highest BCUT2D eigenvalue weighted by Crippen LogP contribution is 2.29. The largest absolute Gasteiger partial charge is 0.416 e. The molecule has 0 N–H and O–H groups in total. The van der Waals surface area contributed by atoms with Gasteiger partial charge in [-0.05, 0) is 38.7 Å². The maximum Gasteiger partial charge on any atom is 0.416 e. The molecule has 154 valence electrons. The van der Waals surface area contributed by atoms with Crippen molar-refractivity contribution in [3.8, 4) is 0 Å². The fraction of sp³-hybridized carbons (Fsp3) is 0.474. The topological polar surface area (TPSA) is 45.6 Å². The monoisotopic (exact) mass is 415 g/mol. The van der Waals surface area contributed by atoms with Gasteiger partial charge in [-0.25, -0.2) is 0 Å². The van der Waals surface area contributed by atoms with Gasteiger partial charge in [0.1, 0.15) is 0 Å². The zero-order valence-electron chi connectivity index (χ0n) is 16.1. The normalized spacial score (nSPS) is 11.8. The third-order valence-corrected chi connectivity index (χ3v) is 5.20. The van der Waals surface area contributed by atoms with Gasteiger partial charge >= 0.3 is 11.0 Å². The first-order valence-corrected chi connectivity index (χ1v) is 9.69. The molecule has 0 bridgehead atoms. The Morgan fingerprint density at radius 1 is 1.21 bits per heavy atom. The molecule has 9 heteroatoms.